The molecule has 1 unspecified atom stereocenters. The van der Waals surface area contributed by atoms with Crippen LogP contribution in [0.15, 0.2) is 54.7 Å². The van der Waals surface area contributed by atoms with Crippen LogP contribution in [0.2, 0.25) is 0 Å². The van der Waals surface area contributed by atoms with Gasteiger partial charge in [0.05, 0.1) is 5.92 Å². The fourth-order valence-corrected chi connectivity index (χ4v) is 4.93. The van der Waals surface area contributed by atoms with E-state index >= 15 is 0 Å². The molecule has 1 aromatic heterocycles. The molecule has 2 aromatic carbocycles. The van der Waals surface area contributed by atoms with Gasteiger partial charge >= 0.3 is 0 Å². The first-order valence-electron chi connectivity index (χ1n) is 10.5. The summed E-state index contributed by atoms with van der Waals surface area (Å²) in [5.74, 6) is -0.229. The Morgan fingerprint density at radius 2 is 2.03 bits per heavy atom. The number of rotatable bonds is 4. The lowest BCUT2D eigenvalue weighted by Gasteiger charge is -2.41. The zero-order valence-corrected chi connectivity index (χ0v) is 17.3. The summed E-state index contributed by atoms with van der Waals surface area (Å²) in [6.45, 7) is 6.23. The highest BCUT2D eigenvalue weighted by atomic mass is 19.1. The van der Waals surface area contributed by atoms with Crippen LogP contribution in [0.1, 0.15) is 43.7 Å². The number of aromatic amines is 1. The lowest BCUT2D eigenvalue weighted by Crippen LogP contribution is -2.47. The molecule has 4 nitrogen and oxygen atoms in total. The second kappa shape index (κ2) is 7.10. The molecular formula is C25H26FN3O. The van der Waals surface area contributed by atoms with Crippen molar-refractivity contribution in [2.45, 2.75) is 38.1 Å². The van der Waals surface area contributed by atoms with Crippen LogP contribution in [0.4, 0.5) is 10.1 Å². The van der Waals surface area contributed by atoms with E-state index in [0.29, 0.717) is 0 Å². The van der Waals surface area contributed by atoms with Crippen LogP contribution in [0.3, 0.4) is 0 Å². The van der Waals surface area contributed by atoms with Crippen molar-refractivity contribution in [1.29, 1.82) is 0 Å². The monoisotopic (exact) mass is 403 g/mol. The number of nitrogens with one attached hydrogen (secondary N) is 2. The molecule has 0 fully saturated rings. The van der Waals surface area contributed by atoms with Crippen molar-refractivity contribution in [3.63, 3.8) is 0 Å². The molecule has 2 N–H and O–H groups in total. The van der Waals surface area contributed by atoms with Gasteiger partial charge in [0, 0.05) is 47.0 Å². The van der Waals surface area contributed by atoms with E-state index in [4.69, 9.17) is 0 Å². The average molecular weight is 404 g/mol. The van der Waals surface area contributed by atoms with Gasteiger partial charge < -0.3 is 10.3 Å². The molecule has 0 aliphatic carbocycles. The predicted octanol–water partition coefficient (Wildman–Crippen LogP) is 5.30. The molecule has 0 saturated heterocycles. The third-order valence-electron chi connectivity index (χ3n) is 6.67. The van der Waals surface area contributed by atoms with Gasteiger partial charge in [0.15, 0.2) is 0 Å². The molecule has 2 aliphatic rings. The minimum atomic E-state index is -0.223. The quantitative estimate of drug-likeness (QED) is 0.621. The molecule has 0 bridgehead atoms. The molecule has 1 atom stereocenters. The van der Waals surface area contributed by atoms with Gasteiger partial charge in [0.2, 0.25) is 5.91 Å². The number of fused-ring (bicyclic) bond motifs is 2. The molecule has 3 aromatic rings. The Morgan fingerprint density at radius 1 is 1.20 bits per heavy atom. The van der Waals surface area contributed by atoms with Crippen LogP contribution in [0.25, 0.3) is 16.5 Å². The van der Waals surface area contributed by atoms with E-state index in [1.165, 1.54) is 11.6 Å². The number of benzene rings is 2. The molecule has 0 saturated carbocycles. The summed E-state index contributed by atoms with van der Waals surface area (Å²) in [5.41, 5.74) is 5.23. The van der Waals surface area contributed by atoms with E-state index in [9.17, 15) is 9.18 Å². The standard InChI is InChI=1S/C25H26FN3O/c1-25(2,14-20-18-5-3-4-6-22(18)28-24(20)30)29-11-9-16(10-12-29)21-15-27-23-13-17(26)7-8-19(21)23/h3-9,13,15,20,27H,10-12,14H2,1-2H3,(H,28,30). The molecule has 2 aliphatic heterocycles. The first kappa shape index (κ1) is 19.1. The average Bonchev–Trinajstić information content (AvgIpc) is 3.28. The van der Waals surface area contributed by atoms with Gasteiger partial charge in [-0.05, 0) is 62.1 Å². The Balaban J connectivity index is 1.34. The normalized spacial score (nSPS) is 19.6. The summed E-state index contributed by atoms with van der Waals surface area (Å²) >= 11 is 0. The highest BCUT2D eigenvalue weighted by Gasteiger charge is 2.38. The number of halogens is 1. The summed E-state index contributed by atoms with van der Waals surface area (Å²) < 4.78 is 13.5. The van der Waals surface area contributed by atoms with Crippen molar-refractivity contribution < 1.29 is 9.18 Å². The van der Waals surface area contributed by atoms with Gasteiger partial charge in [0.25, 0.3) is 0 Å². The first-order chi connectivity index (χ1) is 14.4. The van der Waals surface area contributed by atoms with E-state index in [0.717, 1.165) is 53.6 Å². The van der Waals surface area contributed by atoms with Crippen LogP contribution in [0, 0.1) is 5.82 Å². The van der Waals surface area contributed by atoms with Gasteiger partial charge in [0.1, 0.15) is 5.82 Å². The highest BCUT2D eigenvalue weighted by Crippen LogP contribution is 2.40. The Labute approximate surface area is 175 Å². The maximum Gasteiger partial charge on any atom is 0.232 e. The van der Waals surface area contributed by atoms with Crippen molar-refractivity contribution in [1.82, 2.24) is 9.88 Å². The minimum Gasteiger partial charge on any atom is -0.360 e. The topological polar surface area (TPSA) is 48.1 Å². The molecule has 0 radical (unpaired) electrons. The number of anilines is 1. The zero-order valence-electron chi connectivity index (χ0n) is 17.3. The number of H-pyrrole nitrogens is 1. The second-order valence-corrected chi connectivity index (χ2v) is 8.96. The summed E-state index contributed by atoms with van der Waals surface area (Å²) in [6, 6.07) is 12.9. The number of para-hydroxylation sites is 1. The third-order valence-corrected chi connectivity index (χ3v) is 6.67. The molecule has 5 rings (SSSR count). The maximum absolute atomic E-state index is 13.5. The van der Waals surface area contributed by atoms with E-state index < -0.39 is 0 Å². The second-order valence-electron chi connectivity index (χ2n) is 8.96. The fourth-order valence-electron chi connectivity index (χ4n) is 4.93. The highest BCUT2D eigenvalue weighted by molar-refractivity contribution is 6.02. The van der Waals surface area contributed by atoms with Crippen molar-refractivity contribution in [2.75, 3.05) is 18.4 Å². The smallest absolute Gasteiger partial charge is 0.232 e. The largest absolute Gasteiger partial charge is 0.360 e. The minimum absolute atomic E-state index is 0.101. The number of amides is 1. The Morgan fingerprint density at radius 3 is 2.83 bits per heavy atom. The first-order valence-corrected chi connectivity index (χ1v) is 10.5. The molecule has 30 heavy (non-hydrogen) atoms. The number of nitrogens with zero attached hydrogens (tertiary/aromatic N) is 1. The Bertz CT molecular complexity index is 1160. The van der Waals surface area contributed by atoms with Crippen molar-refractivity contribution in [2.24, 2.45) is 0 Å². The van der Waals surface area contributed by atoms with Crippen LogP contribution in [0.5, 0.6) is 0 Å². The van der Waals surface area contributed by atoms with Crippen molar-refractivity contribution in [3.05, 3.63) is 71.7 Å². The Hall–Kier alpha value is -2.92. The van der Waals surface area contributed by atoms with Gasteiger partial charge in [-0.2, -0.15) is 0 Å². The van der Waals surface area contributed by atoms with E-state index in [1.807, 2.05) is 30.5 Å². The number of hydrogen-bond acceptors (Lipinski definition) is 2. The Kier molecular flexibility index (Phi) is 4.51. The number of carbonyl (C=O) groups excluding carboxylic acids is 1. The number of aromatic nitrogens is 1. The van der Waals surface area contributed by atoms with Gasteiger partial charge in [-0.3, -0.25) is 9.69 Å². The molecule has 0 spiro atoms. The lowest BCUT2D eigenvalue weighted by atomic mass is 9.84. The molecular weight excluding hydrogens is 377 g/mol. The van der Waals surface area contributed by atoms with E-state index in [-0.39, 0.29) is 23.2 Å². The third kappa shape index (κ3) is 3.23. The van der Waals surface area contributed by atoms with Crippen molar-refractivity contribution >= 4 is 28.1 Å². The van der Waals surface area contributed by atoms with Gasteiger partial charge in [-0.25, -0.2) is 4.39 Å². The summed E-state index contributed by atoms with van der Waals surface area (Å²) in [6.07, 6.45) is 5.98. The summed E-state index contributed by atoms with van der Waals surface area (Å²) in [4.78, 5) is 18.2. The van der Waals surface area contributed by atoms with Crippen LogP contribution in [-0.2, 0) is 4.79 Å². The number of hydrogen-bond donors (Lipinski definition) is 2. The molecule has 154 valence electrons. The van der Waals surface area contributed by atoms with Gasteiger partial charge in [-0.1, -0.05) is 24.3 Å². The van der Waals surface area contributed by atoms with E-state index in [1.54, 1.807) is 6.07 Å². The zero-order chi connectivity index (χ0) is 20.9. The fraction of sp³-hybridized carbons (Fsp3) is 0.320. The maximum atomic E-state index is 13.5. The molecule has 1 amide bonds. The lowest BCUT2D eigenvalue weighted by molar-refractivity contribution is -0.117. The van der Waals surface area contributed by atoms with Crippen molar-refractivity contribution in [3.8, 4) is 0 Å². The predicted molar refractivity (Wildman–Crippen MR) is 119 cm³/mol. The van der Waals surface area contributed by atoms with E-state index in [2.05, 4.69) is 41.2 Å². The van der Waals surface area contributed by atoms with Crippen LogP contribution < -0.4 is 5.32 Å². The molecule has 5 heteroatoms. The van der Waals surface area contributed by atoms with Crippen LogP contribution in [-0.4, -0.2) is 34.4 Å². The summed E-state index contributed by atoms with van der Waals surface area (Å²) in [5, 5.41) is 4.08. The number of carbonyl (C=O) groups is 1. The van der Waals surface area contributed by atoms with Gasteiger partial charge in [-0.15, -0.1) is 0 Å². The molecule has 3 heterocycles. The van der Waals surface area contributed by atoms with Crippen LogP contribution >= 0.6 is 0 Å². The SMILES string of the molecule is CC(C)(CC1C(=O)Nc2ccccc21)N1CC=C(c2c[nH]c3cc(F)ccc23)CC1. The summed E-state index contributed by atoms with van der Waals surface area (Å²) in [7, 11) is 0.